The van der Waals surface area contributed by atoms with Gasteiger partial charge in [0.25, 0.3) is 0 Å². The van der Waals surface area contributed by atoms with E-state index in [1.54, 1.807) is 18.7 Å². The normalized spacial score (nSPS) is 12.4. The Bertz CT molecular complexity index is 285. The van der Waals surface area contributed by atoms with Gasteiger partial charge in [-0.25, -0.2) is 0 Å². The molecule has 1 N–H and O–H groups in total. The summed E-state index contributed by atoms with van der Waals surface area (Å²) in [5.74, 6) is 0.581. The van der Waals surface area contributed by atoms with Gasteiger partial charge in [0.15, 0.2) is 0 Å². The second kappa shape index (κ2) is 5.70. The van der Waals surface area contributed by atoms with Crippen LogP contribution in [0.1, 0.15) is 12.5 Å². The molecule has 1 aromatic carbocycles. The van der Waals surface area contributed by atoms with Gasteiger partial charge >= 0.3 is 5.97 Å². The molecule has 0 aliphatic heterocycles. The number of carbonyl (C=O) groups is 1. The number of aliphatic carboxylic acids is 1. The zero-order valence-electron chi connectivity index (χ0n) is 8.14. The van der Waals surface area contributed by atoms with Crippen molar-refractivity contribution in [2.75, 3.05) is 5.75 Å². The van der Waals surface area contributed by atoms with E-state index in [0.29, 0.717) is 5.75 Å². The van der Waals surface area contributed by atoms with Gasteiger partial charge in [0, 0.05) is 11.5 Å². The predicted molar refractivity (Wildman–Crippen MR) is 59.4 cm³/mol. The van der Waals surface area contributed by atoms with Crippen LogP contribution >= 0.6 is 11.8 Å². The van der Waals surface area contributed by atoms with Crippen LogP contribution in [0.25, 0.3) is 0 Å². The van der Waals surface area contributed by atoms with E-state index >= 15 is 0 Å². The van der Waals surface area contributed by atoms with E-state index in [9.17, 15) is 4.79 Å². The van der Waals surface area contributed by atoms with E-state index in [1.807, 2.05) is 18.2 Å². The smallest absolute Gasteiger partial charge is 0.307 e. The summed E-state index contributed by atoms with van der Waals surface area (Å²) < 4.78 is 0. The molecule has 0 heterocycles. The molecule has 1 rings (SSSR count). The zero-order chi connectivity index (χ0) is 10.4. The summed E-state index contributed by atoms with van der Waals surface area (Å²) >= 11 is 1.66. The lowest BCUT2D eigenvalue weighted by Crippen LogP contribution is -2.11. The van der Waals surface area contributed by atoms with Gasteiger partial charge < -0.3 is 5.11 Å². The van der Waals surface area contributed by atoms with Crippen LogP contribution in [0.3, 0.4) is 0 Å². The van der Waals surface area contributed by atoms with Crippen molar-refractivity contribution in [3.63, 3.8) is 0 Å². The van der Waals surface area contributed by atoms with Gasteiger partial charge in [-0.3, -0.25) is 4.79 Å². The Labute approximate surface area is 88.3 Å². The average Bonchev–Trinajstić information content (AvgIpc) is 2.19. The van der Waals surface area contributed by atoms with Crippen molar-refractivity contribution in [3.8, 4) is 0 Å². The summed E-state index contributed by atoms with van der Waals surface area (Å²) in [6.07, 6.45) is 0. The van der Waals surface area contributed by atoms with Crippen LogP contribution in [0.4, 0.5) is 0 Å². The summed E-state index contributed by atoms with van der Waals surface area (Å²) in [4.78, 5) is 10.5. The molecular formula is C11H14O2S. The standard InChI is InChI=1S/C11H14O2S/c1-9(11(12)13)7-14-8-10-5-3-2-4-6-10/h2-6,9H,7-8H2,1H3,(H,12,13)/t9-/m0/s1. The Kier molecular flexibility index (Phi) is 4.53. The monoisotopic (exact) mass is 210 g/mol. The molecule has 0 aromatic heterocycles. The second-order valence-corrected chi connectivity index (χ2v) is 4.27. The van der Waals surface area contributed by atoms with Crippen LogP contribution in [0.5, 0.6) is 0 Å². The fraction of sp³-hybridized carbons (Fsp3) is 0.364. The molecule has 0 amide bonds. The summed E-state index contributed by atoms with van der Waals surface area (Å²) in [7, 11) is 0. The van der Waals surface area contributed by atoms with E-state index < -0.39 is 5.97 Å². The van der Waals surface area contributed by atoms with Gasteiger partial charge in [-0.15, -0.1) is 0 Å². The maximum Gasteiger partial charge on any atom is 0.307 e. The van der Waals surface area contributed by atoms with Crippen LogP contribution in [0.15, 0.2) is 30.3 Å². The fourth-order valence-electron chi connectivity index (χ4n) is 0.999. The first kappa shape index (κ1) is 11.1. The minimum absolute atomic E-state index is 0.260. The minimum Gasteiger partial charge on any atom is -0.481 e. The SMILES string of the molecule is C[C@@H](CSCc1ccccc1)C(=O)O. The highest BCUT2D eigenvalue weighted by Crippen LogP contribution is 2.15. The molecule has 0 spiro atoms. The molecule has 0 aliphatic rings. The summed E-state index contributed by atoms with van der Waals surface area (Å²) in [6, 6.07) is 10.1. The molecular weight excluding hydrogens is 196 g/mol. The second-order valence-electron chi connectivity index (χ2n) is 3.24. The molecule has 0 fully saturated rings. The van der Waals surface area contributed by atoms with Gasteiger partial charge in [0.2, 0.25) is 0 Å². The van der Waals surface area contributed by atoms with Crippen molar-refractivity contribution < 1.29 is 9.90 Å². The van der Waals surface area contributed by atoms with Crippen LogP contribution in [0, 0.1) is 5.92 Å². The number of rotatable bonds is 5. The van der Waals surface area contributed by atoms with Crippen LogP contribution < -0.4 is 0 Å². The summed E-state index contributed by atoms with van der Waals surface area (Å²) in [6.45, 7) is 1.74. The topological polar surface area (TPSA) is 37.3 Å². The van der Waals surface area contributed by atoms with Crippen molar-refractivity contribution >= 4 is 17.7 Å². The van der Waals surface area contributed by atoms with E-state index in [4.69, 9.17) is 5.11 Å². The molecule has 3 heteroatoms. The third-order valence-electron chi connectivity index (χ3n) is 1.90. The lowest BCUT2D eigenvalue weighted by atomic mass is 10.2. The maximum absolute atomic E-state index is 10.5. The first-order valence-electron chi connectivity index (χ1n) is 4.54. The molecule has 1 aromatic rings. The number of carboxylic acid groups (broad SMARTS) is 1. The Morgan fingerprint density at radius 1 is 1.43 bits per heavy atom. The highest BCUT2D eigenvalue weighted by molar-refractivity contribution is 7.98. The molecule has 2 nitrogen and oxygen atoms in total. The predicted octanol–water partition coefficient (Wildman–Crippen LogP) is 2.64. The summed E-state index contributed by atoms with van der Waals surface area (Å²) in [5, 5.41) is 8.67. The number of benzene rings is 1. The Morgan fingerprint density at radius 3 is 2.64 bits per heavy atom. The van der Waals surface area contributed by atoms with E-state index in [-0.39, 0.29) is 5.92 Å². The highest BCUT2D eigenvalue weighted by Gasteiger charge is 2.09. The molecule has 0 saturated heterocycles. The number of hydrogen-bond acceptors (Lipinski definition) is 2. The molecule has 0 bridgehead atoms. The lowest BCUT2D eigenvalue weighted by Gasteiger charge is -2.05. The van der Waals surface area contributed by atoms with Crippen molar-refractivity contribution in [1.29, 1.82) is 0 Å². The largest absolute Gasteiger partial charge is 0.481 e. The van der Waals surface area contributed by atoms with E-state index in [0.717, 1.165) is 5.75 Å². The molecule has 76 valence electrons. The van der Waals surface area contributed by atoms with Crippen molar-refractivity contribution in [1.82, 2.24) is 0 Å². The number of carboxylic acids is 1. The molecule has 14 heavy (non-hydrogen) atoms. The van der Waals surface area contributed by atoms with Crippen LogP contribution in [0.2, 0.25) is 0 Å². The Balaban J connectivity index is 2.26. The number of thioether (sulfide) groups is 1. The quantitative estimate of drug-likeness (QED) is 0.811. The van der Waals surface area contributed by atoms with E-state index in [1.165, 1.54) is 5.56 Å². The zero-order valence-corrected chi connectivity index (χ0v) is 8.96. The third kappa shape index (κ3) is 3.83. The van der Waals surface area contributed by atoms with Crippen molar-refractivity contribution in [2.45, 2.75) is 12.7 Å². The van der Waals surface area contributed by atoms with Gasteiger partial charge in [0.05, 0.1) is 5.92 Å². The fourth-order valence-corrected chi connectivity index (χ4v) is 2.04. The first-order chi connectivity index (χ1) is 6.70. The van der Waals surface area contributed by atoms with Crippen molar-refractivity contribution in [2.24, 2.45) is 5.92 Å². The van der Waals surface area contributed by atoms with Gasteiger partial charge in [-0.2, -0.15) is 11.8 Å². The lowest BCUT2D eigenvalue weighted by molar-refractivity contribution is -0.140. The molecule has 0 unspecified atom stereocenters. The Morgan fingerprint density at radius 2 is 2.07 bits per heavy atom. The van der Waals surface area contributed by atoms with Crippen LogP contribution in [-0.4, -0.2) is 16.8 Å². The molecule has 0 saturated carbocycles. The van der Waals surface area contributed by atoms with Crippen LogP contribution in [-0.2, 0) is 10.5 Å². The average molecular weight is 210 g/mol. The molecule has 0 radical (unpaired) electrons. The first-order valence-corrected chi connectivity index (χ1v) is 5.70. The molecule has 1 atom stereocenters. The van der Waals surface area contributed by atoms with Gasteiger partial charge in [-0.1, -0.05) is 37.3 Å². The number of hydrogen-bond donors (Lipinski definition) is 1. The highest BCUT2D eigenvalue weighted by atomic mass is 32.2. The van der Waals surface area contributed by atoms with Gasteiger partial charge in [0.1, 0.15) is 0 Å². The Hall–Kier alpha value is -0.960. The summed E-state index contributed by atoms with van der Waals surface area (Å²) in [5.41, 5.74) is 1.25. The minimum atomic E-state index is -0.717. The maximum atomic E-state index is 10.5. The van der Waals surface area contributed by atoms with Gasteiger partial charge in [-0.05, 0) is 5.56 Å². The van der Waals surface area contributed by atoms with E-state index in [2.05, 4.69) is 12.1 Å². The molecule has 0 aliphatic carbocycles. The third-order valence-corrected chi connectivity index (χ3v) is 3.17. The van der Waals surface area contributed by atoms with Crippen molar-refractivity contribution in [3.05, 3.63) is 35.9 Å².